The highest BCUT2D eigenvalue weighted by Crippen LogP contribution is 2.48. The van der Waals surface area contributed by atoms with Crippen molar-refractivity contribution in [1.82, 2.24) is 14.8 Å². The van der Waals surface area contributed by atoms with Gasteiger partial charge in [-0.3, -0.25) is 9.59 Å². The molecule has 1 amide bonds. The van der Waals surface area contributed by atoms with E-state index in [4.69, 9.17) is 0 Å². The number of fused-ring (bicyclic) bond motifs is 6. The summed E-state index contributed by atoms with van der Waals surface area (Å²) in [5.74, 6) is -1.37. The smallest absolute Gasteiger partial charge is 0.257 e. The van der Waals surface area contributed by atoms with Gasteiger partial charge in [0.1, 0.15) is 17.2 Å². The Labute approximate surface area is 179 Å². The normalized spacial score (nSPS) is 24.7. The van der Waals surface area contributed by atoms with Gasteiger partial charge in [-0.1, -0.05) is 12.6 Å². The van der Waals surface area contributed by atoms with Crippen molar-refractivity contribution < 1.29 is 13.6 Å². The summed E-state index contributed by atoms with van der Waals surface area (Å²) in [4.78, 5) is 28.4. The molecule has 4 atom stereocenters. The number of pyridine rings is 1. The molecule has 2 fully saturated rings. The summed E-state index contributed by atoms with van der Waals surface area (Å²) in [6, 6.07) is 3.36. The summed E-state index contributed by atoms with van der Waals surface area (Å²) in [5.41, 5.74) is 2.00. The SMILES string of the molecule is C=C1c2c(C)c(=O)c(C(=O)N[C@H](C)c3ccc(F)cc3F)cn2C[C@H]2C3CC[C@@H](C3)N12. The number of hydrogen-bond acceptors (Lipinski definition) is 3. The van der Waals surface area contributed by atoms with Crippen molar-refractivity contribution in [3.63, 3.8) is 0 Å². The number of halogens is 2. The average molecular weight is 425 g/mol. The van der Waals surface area contributed by atoms with E-state index in [0.29, 0.717) is 23.6 Å². The molecule has 31 heavy (non-hydrogen) atoms. The number of carbonyl (C=O) groups is 1. The summed E-state index contributed by atoms with van der Waals surface area (Å²) >= 11 is 0. The first-order valence-corrected chi connectivity index (χ1v) is 10.7. The number of nitrogens with one attached hydrogen (secondary N) is 1. The lowest BCUT2D eigenvalue weighted by molar-refractivity contribution is 0.0936. The number of amides is 1. The van der Waals surface area contributed by atoms with E-state index in [2.05, 4.69) is 16.8 Å². The summed E-state index contributed by atoms with van der Waals surface area (Å²) < 4.78 is 29.3. The molecule has 1 aliphatic carbocycles. The van der Waals surface area contributed by atoms with Crippen molar-refractivity contribution in [2.45, 2.75) is 57.8 Å². The molecule has 0 radical (unpaired) electrons. The predicted molar refractivity (Wildman–Crippen MR) is 113 cm³/mol. The number of nitrogens with zero attached hydrogens (tertiary/aromatic N) is 2. The lowest BCUT2D eigenvalue weighted by Gasteiger charge is -2.44. The van der Waals surface area contributed by atoms with Crippen molar-refractivity contribution in [3.8, 4) is 0 Å². The maximum Gasteiger partial charge on any atom is 0.257 e. The molecule has 1 saturated carbocycles. The minimum Gasteiger partial charge on any atom is -0.362 e. The van der Waals surface area contributed by atoms with Crippen molar-refractivity contribution in [2.24, 2.45) is 5.92 Å². The lowest BCUT2D eigenvalue weighted by atomic mass is 9.94. The summed E-state index contributed by atoms with van der Waals surface area (Å²) in [6.45, 7) is 8.35. The van der Waals surface area contributed by atoms with Crippen LogP contribution in [0.2, 0.25) is 0 Å². The molecule has 1 N–H and O–H groups in total. The van der Waals surface area contributed by atoms with Crippen LogP contribution in [0.1, 0.15) is 59.4 Å². The van der Waals surface area contributed by atoms with Gasteiger partial charge in [0.25, 0.3) is 5.91 Å². The molecule has 1 saturated heterocycles. The molecule has 1 aromatic carbocycles. The van der Waals surface area contributed by atoms with Crippen LogP contribution in [0.25, 0.3) is 5.70 Å². The van der Waals surface area contributed by atoms with Crippen LogP contribution < -0.4 is 10.7 Å². The Bertz CT molecular complexity index is 1170. The third-order valence-electron chi connectivity index (χ3n) is 7.24. The van der Waals surface area contributed by atoms with E-state index in [-0.39, 0.29) is 16.6 Å². The van der Waals surface area contributed by atoms with Crippen LogP contribution in [0.5, 0.6) is 0 Å². The molecular weight excluding hydrogens is 400 g/mol. The van der Waals surface area contributed by atoms with Gasteiger partial charge in [0.05, 0.1) is 23.5 Å². The quantitative estimate of drug-likeness (QED) is 0.815. The molecule has 0 spiro atoms. The van der Waals surface area contributed by atoms with Gasteiger partial charge in [0.15, 0.2) is 5.43 Å². The third kappa shape index (κ3) is 3.01. The first-order valence-electron chi connectivity index (χ1n) is 10.7. The highest BCUT2D eigenvalue weighted by Gasteiger charge is 2.49. The third-order valence-corrected chi connectivity index (χ3v) is 7.24. The molecule has 3 aliphatic rings. The zero-order valence-corrected chi connectivity index (χ0v) is 17.6. The Morgan fingerprint density at radius 1 is 1.29 bits per heavy atom. The number of benzene rings is 1. The Hall–Kier alpha value is -2.96. The van der Waals surface area contributed by atoms with E-state index in [1.807, 2.05) is 4.57 Å². The van der Waals surface area contributed by atoms with Crippen molar-refractivity contribution in [1.29, 1.82) is 0 Å². The Morgan fingerprint density at radius 2 is 2.06 bits per heavy atom. The molecule has 1 unspecified atom stereocenters. The van der Waals surface area contributed by atoms with Crippen molar-refractivity contribution >= 4 is 11.6 Å². The van der Waals surface area contributed by atoms with Crippen LogP contribution in [0.15, 0.2) is 35.8 Å². The first-order chi connectivity index (χ1) is 14.8. The van der Waals surface area contributed by atoms with Crippen molar-refractivity contribution in [3.05, 3.63) is 75.2 Å². The first kappa shape index (κ1) is 20.0. The second-order valence-electron chi connectivity index (χ2n) is 9.01. The fraction of sp³-hybridized carbons (Fsp3) is 0.417. The van der Waals surface area contributed by atoms with E-state index in [9.17, 15) is 18.4 Å². The number of piperidine rings is 1. The standard InChI is InChI=1S/C24H25F2N3O2/c1-12-22-14(3)29-17-6-4-15(8-17)21(29)11-28(22)10-19(23(12)30)24(31)27-13(2)18-7-5-16(25)9-20(18)26/h5,7,9-10,13,15,17,21H,3-4,6,8,11H2,1-2H3,(H,27,31)/t13-,15?,17+,21+/m1/s1. The number of carbonyl (C=O) groups excluding carboxylic acids is 1. The summed E-state index contributed by atoms with van der Waals surface area (Å²) in [6.07, 6.45) is 5.15. The number of hydrogen-bond donors (Lipinski definition) is 1. The van der Waals surface area contributed by atoms with E-state index < -0.39 is 23.6 Å². The Balaban J connectivity index is 1.46. The predicted octanol–water partition coefficient (Wildman–Crippen LogP) is 3.76. The van der Waals surface area contributed by atoms with Crippen LogP contribution in [-0.2, 0) is 6.54 Å². The van der Waals surface area contributed by atoms with Gasteiger partial charge < -0.3 is 14.8 Å². The van der Waals surface area contributed by atoms with Gasteiger partial charge in [0, 0.05) is 36.0 Å². The molecule has 5 nitrogen and oxygen atoms in total. The zero-order valence-electron chi connectivity index (χ0n) is 17.6. The van der Waals surface area contributed by atoms with Crippen LogP contribution in [0.4, 0.5) is 8.78 Å². The summed E-state index contributed by atoms with van der Waals surface area (Å²) in [5, 5.41) is 2.68. The molecular formula is C24H25F2N3O2. The molecule has 162 valence electrons. The lowest BCUT2D eigenvalue weighted by Crippen LogP contribution is -2.47. The Kier molecular flexibility index (Phi) is 4.53. The monoisotopic (exact) mass is 425 g/mol. The van der Waals surface area contributed by atoms with Gasteiger partial charge >= 0.3 is 0 Å². The molecule has 2 aliphatic heterocycles. The highest BCUT2D eigenvalue weighted by atomic mass is 19.1. The minimum atomic E-state index is -0.737. The van der Waals surface area contributed by atoms with Gasteiger partial charge in [-0.05, 0) is 45.1 Å². The second-order valence-corrected chi connectivity index (χ2v) is 9.01. The maximum atomic E-state index is 14.1. The fourth-order valence-corrected chi connectivity index (χ4v) is 5.77. The molecule has 1 aromatic heterocycles. The largest absolute Gasteiger partial charge is 0.362 e. The van der Waals surface area contributed by atoms with E-state index in [1.165, 1.54) is 18.9 Å². The van der Waals surface area contributed by atoms with Crippen LogP contribution >= 0.6 is 0 Å². The molecule has 5 rings (SSSR count). The van der Waals surface area contributed by atoms with Gasteiger partial charge in [-0.15, -0.1) is 0 Å². The molecule has 3 heterocycles. The average Bonchev–Trinajstić information content (AvgIpc) is 3.32. The second kappa shape index (κ2) is 7.04. The van der Waals surface area contributed by atoms with Crippen LogP contribution in [0, 0.1) is 24.5 Å². The Morgan fingerprint density at radius 3 is 2.81 bits per heavy atom. The fourth-order valence-electron chi connectivity index (χ4n) is 5.77. The molecule has 2 bridgehead atoms. The van der Waals surface area contributed by atoms with E-state index in [1.54, 1.807) is 20.0 Å². The molecule has 7 heteroatoms. The van der Waals surface area contributed by atoms with Gasteiger partial charge in [-0.25, -0.2) is 8.78 Å². The topological polar surface area (TPSA) is 54.3 Å². The van der Waals surface area contributed by atoms with E-state index >= 15 is 0 Å². The van der Waals surface area contributed by atoms with E-state index in [0.717, 1.165) is 36.5 Å². The van der Waals surface area contributed by atoms with Gasteiger partial charge in [0.2, 0.25) is 0 Å². The van der Waals surface area contributed by atoms with Crippen LogP contribution in [0.3, 0.4) is 0 Å². The van der Waals surface area contributed by atoms with Gasteiger partial charge in [-0.2, -0.15) is 0 Å². The zero-order chi connectivity index (χ0) is 22.0. The number of aromatic nitrogens is 1. The highest BCUT2D eigenvalue weighted by molar-refractivity contribution is 5.94. The minimum absolute atomic E-state index is 0.0278. The molecule has 2 aromatic rings. The van der Waals surface area contributed by atoms with Crippen molar-refractivity contribution in [2.75, 3.05) is 0 Å². The number of rotatable bonds is 3. The maximum absolute atomic E-state index is 14.1. The summed E-state index contributed by atoms with van der Waals surface area (Å²) in [7, 11) is 0. The van der Waals surface area contributed by atoms with Crippen LogP contribution in [-0.4, -0.2) is 27.5 Å².